The first-order valence-corrected chi connectivity index (χ1v) is 38.0. The van der Waals surface area contributed by atoms with Crippen molar-refractivity contribution in [3.05, 3.63) is 165 Å². The Hall–Kier alpha value is -6.86. The van der Waals surface area contributed by atoms with E-state index in [1.165, 1.54) is 22.3 Å². The van der Waals surface area contributed by atoms with E-state index in [1.807, 2.05) is 60.7 Å². The van der Waals surface area contributed by atoms with Crippen LogP contribution in [0.4, 0.5) is 22.7 Å². The lowest BCUT2D eigenvalue weighted by atomic mass is 9.67. The van der Waals surface area contributed by atoms with Crippen molar-refractivity contribution in [1.29, 1.82) is 0 Å². The van der Waals surface area contributed by atoms with Crippen LogP contribution >= 0.6 is 23.2 Å². The first-order chi connectivity index (χ1) is 45.4. The zero-order chi connectivity index (χ0) is 65.2. The highest BCUT2D eigenvalue weighted by atomic mass is 35.5. The summed E-state index contributed by atoms with van der Waals surface area (Å²) >= 11 is 12.9. The monoisotopic (exact) mass is 1350 g/mol. The maximum absolute atomic E-state index is 13.3. The molecule has 4 aliphatic heterocycles. The van der Waals surface area contributed by atoms with Gasteiger partial charge in [0.05, 0.1) is 50.3 Å². The van der Waals surface area contributed by atoms with E-state index in [-0.39, 0.29) is 34.4 Å². The van der Waals surface area contributed by atoms with Crippen molar-refractivity contribution in [1.82, 2.24) is 9.44 Å². The number of methoxy groups -OCH3 is 2. The summed E-state index contributed by atoms with van der Waals surface area (Å²) in [4.78, 5) is 31.5. The Labute approximate surface area is 564 Å². The summed E-state index contributed by atoms with van der Waals surface area (Å²) in [5, 5.41) is 9.21. The van der Waals surface area contributed by atoms with Gasteiger partial charge < -0.3 is 39.4 Å². The molecule has 500 valence electrons. The van der Waals surface area contributed by atoms with Crippen LogP contribution in [0.3, 0.4) is 0 Å². The fourth-order valence-electron chi connectivity index (χ4n) is 16.5. The van der Waals surface area contributed by atoms with Gasteiger partial charge in [-0.1, -0.05) is 61.0 Å². The minimum Gasteiger partial charge on any atom is -0.497 e. The average molecular weight is 1360 g/mol. The summed E-state index contributed by atoms with van der Waals surface area (Å²) in [6.07, 6.45) is 16.9. The van der Waals surface area contributed by atoms with Gasteiger partial charge in [0.2, 0.25) is 20.0 Å². The Morgan fingerprint density at radius 3 is 1.32 bits per heavy atom. The zero-order valence-electron chi connectivity index (χ0n) is 53.9. The fourth-order valence-corrected chi connectivity index (χ4v) is 19.1. The van der Waals surface area contributed by atoms with Crippen LogP contribution in [0.25, 0.3) is 0 Å². The third-order valence-corrected chi connectivity index (χ3v) is 24.8. The van der Waals surface area contributed by atoms with Crippen molar-refractivity contribution < 1.29 is 45.4 Å². The number of halogens is 2. The van der Waals surface area contributed by atoms with Gasteiger partial charge in [-0.15, -0.1) is 0 Å². The van der Waals surface area contributed by atoms with E-state index >= 15 is 0 Å². The molecule has 8 aliphatic rings. The third-order valence-electron chi connectivity index (χ3n) is 21.7. The molecule has 2 saturated carbocycles. The molecule has 0 saturated heterocycles. The van der Waals surface area contributed by atoms with Gasteiger partial charge in [-0.2, -0.15) is 0 Å². The van der Waals surface area contributed by atoms with Gasteiger partial charge in [0.1, 0.15) is 23.0 Å². The number of ether oxygens (including phenoxy) is 4. The van der Waals surface area contributed by atoms with E-state index in [0.29, 0.717) is 60.9 Å². The van der Waals surface area contributed by atoms with E-state index in [0.717, 1.165) is 185 Å². The van der Waals surface area contributed by atoms with Gasteiger partial charge in [0.25, 0.3) is 11.8 Å². The minimum atomic E-state index is -3.77. The number of benzene rings is 6. The molecule has 0 aromatic heterocycles. The molecule has 0 radical (unpaired) electrons. The van der Waals surface area contributed by atoms with Crippen molar-refractivity contribution in [2.24, 2.45) is 23.7 Å². The van der Waals surface area contributed by atoms with Crippen LogP contribution < -0.4 is 48.8 Å². The number of hydrogen-bond donors (Lipinski definition) is 4. The SMILES string of the molecule is COc1ccc(N[C@@H]2CCCCCS(=O)(=O)NC(=O)c3ccc4c(c3)N(C[C@@H]3CC[C@H]32)C[C@@]2(CCCc3cc(Cl)ccc32)CO4)cc1.COc1ccc(N[C@H]2CCCCCS(=O)(=O)NC(=O)c3ccc4c(c3)N(C[C@@H]3CC[C@H]32)C[C@@]2(CCCc3cc(Cl)ccc32)CO4)cc1. The number of aryl methyl sites for hydroxylation is 2. The lowest BCUT2D eigenvalue weighted by Crippen LogP contribution is -2.50. The van der Waals surface area contributed by atoms with Gasteiger partial charge in [0.15, 0.2) is 0 Å². The third kappa shape index (κ3) is 14.6. The van der Waals surface area contributed by atoms with E-state index in [4.69, 9.17) is 42.1 Å². The predicted octanol–water partition coefficient (Wildman–Crippen LogP) is 13.9. The van der Waals surface area contributed by atoms with Crippen LogP contribution in [0.1, 0.15) is 146 Å². The van der Waals surface area contributed by atoms with Crippen molar-refractivity contribution in [2.75, 3.05) is 85.6 Å². The number of hydrogen-bond acceptors (Lipinski definition) is 14. The Kier molecular flexibility index (Phi) is 19.6. The lowest BCUT2D eigenvalue weighted by molar-refractivity contribution is 0.0972. The molecule has 4 aliphatic carbocycles. The number of anilines is 4. The number of sulfonamides is 2. The van der Waals surface area contributed by atoms with Crippen LogP contribution in [0.15, 0.2) is 121 Å². The second kappa shape index (κ2) is 28.1. The second-order valence-electron chi connectivity index (χ2n) is 27.7. The Balaban J connectivity index is 0.000000171. The van der Waals surface area contributed by atoms with Gasteiger partial charge in [-0.25, -0.2) is 26.3 Å². The standard InChI is InChI=1S/2C37H44ClN3O5S/c2*1-45-30-13-11-29(12-14-30)39-33-7-3-2-4-19-47(43,44)40-36(42)26-9-17-35-34(21-26)41(22-27-8-15-31(27)33)23-37(24-46-35)18-5-6-25-20-28(38)10-16-32(25)37/h2*9-14,16-17,20-21,27,31,33,39H,2-8,15,18-19,22-24H2,1H3,(H,40,42)/t27-,31+,33+,37-;27-,31+,33-,37-/m00/s1. The van der Waals surface area contributed by atoms with Crippen molar-refractivity contribution in [3.63, 3.8) is 0 Å². The molecule has 2 fully saturated rings. The van der Waals surface area contributed by atoms with Gasteiger partial charge in [-0.3, -0.25) is 9.59 Å². The van der Waals surface area contributed by atoms with Gasteiger partial charge in [0, 0.05) is 81.6 Å². The van der Waals surface area contributed by atoms with E-state index in [9.17, 15) is 26.4 Å². The van der Waals surface area contributed by atoms with Crippen molar-refractivity contribution in [2.45, 2.75) is 138 Å². The van der Waals surface area contributed by atoms with Crippen molar-refractivity contribution >= 4 is 77.8 Å². The Morgan fingerprint density at radius 2 is 0.926 bits per heavy atom. The van der Waals surface area contributed by atoms with Crippen LogP contribution in [0.5, 0.6) is 23.0 Å². The minimum absolute atomic E-state index is 0.0759. The fraction of sp³-hybridized carbons (Fsp3) is 0.486. The first-order valence-electron chi connectivity index (χ1n) is 34.0. The van der Waals surface area contributed by atoms with E-state index in [2.05, 4.69) is 78.4 Å². The van der Waals surface area contributed by atoms with E-state index < -0.39 is 31.9 Å². The number of carbonyl (C=O) groups is 2. The molecule has 4 bridgehead atoms. The molecule has 6 aromatic rings. The maximum Gasteiger partial charge on any atom is 0.264 e. The molecule has 94 heavy (non-hydrogen) atoms. The summed E-state index contributed by atoms with van der Waals surface area (Å²) in [7, 11) is -4.19. The molecule has 6 aromatic carbocycles. The topological polar surface area (TPSA) is 194 Å². The molecule has 4 N–H and O–H groups in total. The Bertz CT molecular complexity index is 3720. The van der Waals surface area contributed by atoms with E-state index in [1.54, 1.807) is 26.4 Å². The molecule has 0 unspecified atom stereocenters. The van der Waals surface area contributed by atoms with Crippen LogP contribution in [-0.2, 0) is 43.7 Å². The van der Waals surface area contributed by atoms with Crippen LogP contribution in [0, 0.1) is 23.7 Å². The summed E-state index contributed by atoms with van der Waals surface area (Å²) in [6, 6.07) is 39.9. The number of amides is 2. The Morgan fingerprint density at radius 1 is 0.500 bits per heavy atom. The van der Waals surface area contributed by atoms with Crippen LogP contribution in [0.2, 0.25) is 10.0 Å². The molecule has 20 heteroatoms. The summed E-state index contributed by atoms with van der Waals surface area (Å²) in [6.45, 7) is 4.21. The first kappa shape index (κ1) is 65.8. The average Bonchev–Trinajstić information content (AvgIpc) is 1.45. The molecule has 4 heterocycles. The van der Waals surface area contributed by atoms with Gasteiger partial charge >= 0.3 is 0 Å². The van der Waals surface area contributed by atoms with Crippen LogP contribution in [-0.4, -0.2) is 106 Å². The molecule has 8 atom stereocenters. The van der Waals surface area contributed by atoms with Gasteiger partial charge in [-0.05, 0) is 245 Å². The number of nitrogens with zero attached hydrogens (tertiary/aromatic N) is 2. The normalized spacial score (nSPS) is 27.2. The summed E-state index contributed by atoms with van der Waals surface area (Å²) in [5.74, 6) is 3.59. The maximum atomic E-state index is 13.3. The largest absolute Gasteiger partial charge is 0.497 e. The lowest BCUT2D eigenvalue weighted by Gasteiger charge is -2.47. The number of carbonyl (C=O) groups excluding carboxylic acids is 2. The second-order valence-corrected chi connectivity index (χ2v) is 32.3. The molecular weight excluding hydrogens is 1270 g/mol. The number of rotatable bonds is 6. The molecule has 2 amide bonds. The van der Waals surface area contributed by atoms with Crippen molar-refractivity contribution in [3.8, 4) is 23.0 Å². The molecular formula is C74H88Cl2N6O10S2. The predicted molar refractivity (Wildman–Crippen MR) is 373 cm³/mol. The number of fused-ring (bicyclic) bond motifs is 8. The smallest absolute Gasteiger partial charge is 0.264 e. The molecule has 14 rings (SSSR count). The zero-order valence-corrected chi connectivity index (χ0v) is 57.1. The molecule has 2 spiro atoms. The quantitative estimate of drug-likeness (QED) is 0.123. The highest BCUT2D eigenvalue weighted by molar-refractivity contribution is 7.90. The number of nitrogens with one attached hydrogen (secondary N) is 4. The molecule has 16 nitrogen and oxygen atoms in total. The summed E-state index contributed by atoms with van der Waals surface area (Å²) in [5.41, 5.74) is 9.16. The summed E-state index contributed by atoms with van der Waals surface area (Å²) < 4.78 is 80.4. The highest BCUT2D eigenvalue weighted by Crippen LogP contribution is 2.50. The highest BCUT2D eigenvalue weighted by Gasteiger charge is 2.47.